The topological polar surface area (TPSA) is 113 Å². The van der Waals surface area contributed by atoms with Crippen LogP contribution >= 0.6 is 0 Å². The molecule has 3 rings (SSSR count). The minimum atomic E-state index is -4.17. The van der Waals surface area contributed by atoms with Crippen LogP contribution in [0.25, 0.3) is 0 Å². The van der Waals surface area contributed by atoms with Gasteiger partial charge < -0.3 is 16.2 Å². The maximum atomic E-state index is 13.8. The number of nitrogens with zero attached hydrogens (tertiary/aromatic N) is 1. The predicted octanol–water partition coefficient (Wildman–Crippen LogP) is 4.21. The van der Waals surface area contributed by atoms with Crippen LogP contribution in [0.3, 0.4) is 0 Å². The summed E-state index contributed by atoms with van der Waals surface area (Å²) in [6, 6.07) is 8.83. The van der Waals surface area contributed by atoms with Crippen molar-refractivity contribution in [3.63, 3.8) is 0 Å². The van der Waals surface area contributed by atoms with Crippen molar-refractivity contribution in [3.8, 4) is 0 Å². The van der Waals surface area contributed by atoms with Crippen LogP contribution < -0.4 is 11.1 Å². The number of carboxylic acid groups (broad SMARTS) is 1. The molecule has 0 fully saturated rings. The van der Waals surface area contributed by atoms with E-state index in [-0.39, 0.29) is 21.0 Å². The quantitative estimate of drug-likeness (QED) is 0.468. The first kappa shape index (κ1) is 25.1. The average molecular weight is 474 g/mol. The Labute approximate surface area is 196 Å². The minimum absolute atomic E-state index is 0.0376. The lowest BCUT2D eigenvalue weighted by molar-refractivity contribution is 0.0692. The smallest absolute Gasteiger partial charge is 0.337 e. The van der Waals surface area contributed by atoms with Gasteiger partial charge in [0, 0.05) is 25.2 Å². The van der Waals surface area contributed by atoms with E-state index < -0.39 is 15.8 Å². The molecule has 0 bridgehead atoms. The van der Waals surface area contributed by atoms with Crippen LogP contribution in [0.5, 0.6) is 0 Å². The first-order valence-corrected chi connectivity index (χ1v) is 13.0. The van der Waals surface area contributed by atoms with E-state index in [2.05, 4.69) is 37.9 Å². The molecule has 0 spiro atoms. The van der Waals surface area contributed by atoms with E-state index in [0.29, 0.717) is 37.2 Å². The zero-order chi connectivity index (χ0) is 24.3. The molecule has 0 radical (unpaired) electrons. The van der Waals surface area contributed by atoms with E-state index in [1.807, 2.05) is 0 Å². The largest absolute Gasteiger partial charge is 0.478 e. The SMILES string of the molecule is CC(C)N(CCNc1ccccc1S(=O)(=O)c1c(C(=O)O)cc2c(c1N)CCCC2)C(C)C. The van der Waals surface area contributed by atoms with Crippen LogP contribution in [0.2, 0.25) is 0 Å². The van der Waals surface area contributed by atoms with Gasteiger partial charge in [-0.05, 0) is 82.7 Å². The number of carboxylic acids is 1. The number of sulfone groups is 1. The molecular weight excluding hydrogens is 438 g/mol. The standard InChI is InChI=1S/C25H35N3O4S/c1-16(2)28(17(3)4)14-13-27-21-11-7-8-12-22(21)33(31,32)24-20(25(29)30)15-18-9-5-6-10-19(18)23(24)26/h7-8,11-12,15-17,27H,5-6,9-10,13-14,26H2,1-4H3,(H,29,30). The summed E-state index contributed by atoms with van der Waals surface area (Å²) < 4.78 is 27.6. The number of hydrogen-bond acceptors (Lipinski definition) is 6. The number of nitrogens with one attached hydrogen (secondary N) is 1. The van der Waals surface area contributed by atoms with E-state index in [1.54, 1.807) is 18.2 Å². The highest BCUT2D eigenvalue weighted by molar-refractivity contribution is 7.92. The van der Waals surface area contributed by atoms with Gasteiger partial charge >= 0.3 is 5.97 Å². The molecule has 180 valence electrons. The highest BCUT2D eigenvalue weighted by atomic mass is 32.2. The van der Waals surface area contributed by atoms with Gasteiger partial charge in [0.1, 0.15) is 4.90 Å². The molecule has 0 saturated carbocycles. The summed E-state index contributed by atoms with van der Waals surface area (Å²) in [5, 5.41) is 13.1. The minimum Gasteiger partial charge on any atom is -0.478 e. The first-order chi connectivity index (χ1) is 15.6. The van der Waals surface area contributed by atoms with E-state index >= 15 is 0 Å². The number of anilines is 2. The zero-order valence-corrected chi connectivity index (χ0v) is 20.7. The molecule has 1 aliphatic carbocycles. The van der Waals surface area contributed by atoms with E-state index in [1.165, 1.54) is 12.1 Å². The molecule has 4 N–H and O–H groups in total. The molecule has 2 aromatic rings. The highest BCUT2D eigenvalue weighted by Crippen LogP contribution is 2.38. The normalized spacial score (nSPS) is 14.0. The molecule has 0 saturated heterocycles. The lowest BCUT2D eigenvalue weighted by Crippen LogP contribution is -2.40. The summed E-state index contributed by atoms with van der Waals surface area (Å²) in [7, 11) is -4.17. The van der Waals surface area contributed by atoms with E-state index in [9.17, 15) is 18.3 Å². The molecule has 2 aromatic carbocycles. The number of nitrogens with two attached hydrogens (primary N) is 1. The Morgan fingerprint density at radius 3 is 2.39 bits per heavy atom. The Balaban J connectivity index is 2.02. The molecule has 0 unspecified atom stereocenters. The van der Waals surface area contributed by atoms with Crippen molar-refractivity contribution in [2.75, 3.05) is 24.1 Å². The maximum Gasteiger partial charge on any atom is 0.337 e. The van der Waals surface area contributed by atoms with Crippen LogP contribution in [0.1, 0.15) is 62.0 Å². The maximum absolute atomic E-state index is 13.8. The van der Waals surface area contributed by atoms with Gasteiger partial charge in [-0.3, -0.25) is 4.90 Å². The Morgan fingerprint density at radius 1 is 1.12 bits per heavy atom. The Morgan fingerprint density at radius 2 is 1.76 bits per heavy atom. The van der Waals surface area contributed by atoms with Gasteiger partial charge in [-0.2, -0.15) is 0 Å². The van der Waals surface area contributed by atoms with Gasteiger partial charge in [0.15, 0.2) is 0 Å². The third kappa shape index (κ3) is 5.17. The summed E-state index contributed by atoms with van der Waals surface area (Å²) in [5.41, 5.74) is 8.22. The Bertz CT molecular complexity index is 1120. The molecule has 0 aliphatic heterocycles. The number of para-hydroxylation sites is 1. The number of rotatable bonds is 9. The monoisotopic (exact) mass is 473 g/mol. The van der Waals surface area contributed by atoms with Crippen molar-refractivity contribution in [3.05, 3.63) is 47.0 Å². The van der Waals surface area contributed by atoms with Crippen molar-refractivity contribution in [2.24, 2.45) is 0 Å². The molecule has 0 atom stereocenters. The van der Waals surface area contributed by atoms with Crippen molar-refractivity contribution < 1.29 is 18.3 Å². The zero-order valence-electron chi connectivity index (χ0n) is 19.9. The van der Waals surface area contributed by atoms with Gasteiger partial charge in [0.25, 0.3) is 0 Å². The number of aromatic carboxylic acids is 1. The van der Waals surface area contributed by atoms with Gasteiger partial charge in [-0.25, -0.2) is 13.2 Å². The Kier molecular flexibility index (Phi) is 7.69. The lowest BCUT2D eigenvalue weighted by Gasteiger charge is -2.30. The molecule has 0 aromatic heterocycles. The van der Waals surface area contributed by atoms with Crippen molar-refractivity contribution in [1.82, 2.24) is 4.90 Å². The number of nitrogen functional groups attached to an aromatic ring is 1. The fourth-order valence-electron chi connectivity index (χ4n) is 4.76. The second-order valence-corrected chi connectivity index (χ2v) is 11.0. The van der Waals surface area contributed by atoms with Crippen molar-refractivity contribution in [2.45, 2.75) is 75.3 Å². The molecule has 33 heavy (non-hydrogen) atoms. The molecule has 0 amide bonds. The summed E-state index contributed by atoms with van der Waals surface area (Å²) in [5.74, 6) is -1.29. The van der Waals surface area contributed by atoms with Crippen LogP contribution in [-0.4, -0.2) is 49.6 Å². The number of fused-ring (bicyclic) bond motifs is 1. The van der Waals surface area contributed by atoms with E-state index in [4.69, 9.17) is 5.73 Å². The van der Waals surface area contributed by atoms with Gasteiger partial charge in [-0.1, -0.05) is 12.1 Å². The molecule has 7 nitrogen and oxygen atoms in total. The van der Waals surface area contributed by atoms with Crippen molar-refractivity contribution in [1.29, 1.82) is 0 Å². The van der Waals surface area contributed by atoms with E-state index in [0.717, 1.165) is 30.5 Å². The molecule has 1 aliphatic rings. The predicted molar refractivity (Wildman–Crippen MR) is 132 cm³/mol. The number of benzene rings is 2. The van der Waals surface area contributed by atoms with Gasteiger partial charge in [0.2, 0.25) is 9.84 Å². The second kappa shape index (κ2) is 10.1. The summed E-state index contributed by atoms with van der Waals surface area (Å²) in [6.45, 7) is 9.81. The van der Waals surface area contributed by atoms with Crippen LogP contribution in [0.4, 0.5) is 11.4 Å². The molecule has 0 heterocycles. The van der Waals surface area contributed by atoms with Crippen molar-refractivity contribution >= 4 is 27.2 Å². The van der Waals surface area contributed by atoms with Crippen LogP contribution in [0, 0.1) is 0 Å². The Hall–Kier alpha value is -2.58. The average Bonchev–Trinajstić information content (AvgIpc) is 2.76. The summed E-state index contributed by atoms with van der Waals surface area (Å²) in [4.78, 5) is 14.1. The highest BCUT2D eigenvalue weighted by Gasteiger charge is 2.32. The third-order valence-corrected chi connectivity index (χ3v) is 8.24. The fourth-order valence-corrected chi connectivity index (χ4v) is 6.51. The summed E-state index contributed by atoms with van der Waals surface area (Å²) >= 11 is 0. The molecular formula is C25H35N3O4S. The van der Waals surface area contributed by atoms with Crippen LogP contribution in [-0.2, 0) is 22.7 Å². The number of carbonyl (C=O) groups is 1. The fraction of sp³-hybridized carbons (Fsp3) is 0.480. The summed E-state index contributed by atoms with van der Waals surface area (Å²) in [6.07, 6.45) is 3.21. The van der Waals surface area contributed by atoms with Gasteiger partial charge in [0.05, 0.1) is 21.8 Å². The second-order valence-electron chi connectivity index (χ2n) is 9.17. The molecule has 8 heteroatoms. The third-order valence-electron chi connectivity index (χ3n) is 6.33. The van der Waals surface area contributed by atoms with Gasteiger partial charge in [-0.15, -0.1) is 0 Å². The van der Waals surface area contributed by atoms with Crippen LogP contribution in [0.15, 0.2) is 40.1 Å². The first-order valence-electron chi connectivity index (χ1n) is 11.6. The number of hydrogen-bond donors (Lipinski definition) is 3. The lowest BCUT2D eigenvalue weighted by atomic mass is 9.89. The number of aryl methyl sites for hydroxylation is 1.